The predicted molar refractivity (Wildman–Crippen MR) is 66.9 cm³/mol. The lowest BCUT2D eigenvalue weighted by Crippen LogP contribution is -2.02. The monoisotopic (exact) mass is 236 g/mol. The zero-order valence-corrected chi connectivity index (χ0v) is 10.3. The molecule has 0 atom stereocenters. The van der Waals surface area contributed by atoms with E-state index in [1.54, 1.807) is 12.7 Å². The van der Waals surface area contributed by atoms with Gasteiger partial charge >= 0.3 is 0 Å². The summed E-state index contributed by atoms with van der Waals surface area (Å²) in [4.78, 5) is 11.5. The van der Waals surface area contributed by atoms with Crippen LogP contribution in [0.4, 0.5) is 0 Å². The number of aromatic nitrogens is 4. The van der Waals surface area contributed by atoms with Crippen molar-refractivity contribution in [1.82, 2.24) is 19.5 Å². The Bertz CT molecular complexity index is 514. The van der Waals surface area contributed by atoms with Gasteiger partial charge < -0.3 is 9.55 Å². The Labute approximate surface area is 99.7 Å². The molecule has 0 saturated heterocycles. The number of aromatic amines is 1. The van der Waals surface area contributed by atoms with Crippen molar-refractivity contribution in [1.29, 1.82) is 0 Å². The maximum atomic E-state index is 5.13. The summed E-state index contributed by atoms with van der Waals surface area (Å²) in [6.45, 7) is 3.18. The number of nitrogens with zero attached hydrogens (tertiary/aromatic N) is 3. The van der Waals surface area contributed by atoms with Crippen LogP contribution in [0.15, 0.2) is 12.7 Å². The average molecular weight is 236 g/mol. The molecule has 1 N–H and O–H groups in total. The molecule has 2 rings (SSSR count). The fraction of sp³-hybridized carbons (Fsp3) is 0.545. The van der Waals surface area contributed by atoms with E-state index in [1.165, 1.54) is 25.7 Å². The smallest absolute Gasteiger partial charge is 0.162 e. The molecular weight excluding hydrogens is 220 g/mol. The number of fused-ring (bicyclic) bond motifs is 1. The maximum Gasteiger partial charge on any atom is 0.162 e. The molecule has 2 aromatic heterocycles. The largest absolute Gasteiger partial charge is 0.341 e. The van der Waals surface area contributed by atoms with Crippen molar-refractivity contribution in [3.63, 3.8) is 0 Å². The summed E-state index contributed by atoms with van der Waals surface area (Å²) in [6.07, 6.45) is 8.43. The summed E-state index contributed by atoms with van der Waals surface area (Å²) in [6, 6.07) is 0. The lowest BCUT2D eigenvalue weighted by Gasteiger charge is -2.06. The van der Waals surface area contributed by atoms with Gasteiger partial charge in [0.25, 0.3) is 0 Å². The number of aryl methyl sites for hydroxylation is 1. The highest BCUT2D eigenvalue weighted by Crippen LogP contribution is 2.10. The first kappa shape index (κ1) is 11.3. The van der Waals surface area contributed by atoms with Gasteiger partial charge in [0.1, 0.15) is 5.52 Å². The lowest BCUT2D eigenvalue weighted by molar-refractivity contribution is 0.584. The molecule has 0 fully saturated rings. The van der Waals surface area contributed by atoms with Gasteiger partial charge in [-0.3, -0.25) is 0 Å². The van der Waals surface area contributed by atoms with E-state index in [0.29, 0.717) is 4.64 Å². The third-order valence-corrected chi connectivity index (χ3v) is 2.98. The first-order chi connectivity index (χ1) is 7.83. The average Bonchev–Trinajstić information content (AvgIpc) is 2.77. The van der Waals surface area contributed by atoms with Gasteiger partial charge in [-0.05, 0) is 6.42 Å². The van der Waals surface area contributed by atoms with E-state index in [1.807, 2.05) is 0 Å². The first-order valence-corrected chi connectivity index (χ1v) is 6.12. The van der Waals surface area contributed by atoms with E-state index < -0.39 is 0 Å². The zero-order chi connectivity index (χ0) is 11.4. The van der Waals surface area contributed by atoms with Gasteiger partial charge in [0, 0.05) is 6.54 Å². The predicted octanol–water partition coefficient (Wildman–Crippen LogP) is 3.07. The second-order valence-electron chi connectivity index (χ2n) is 3.90. The molecule has 0 aliphatic rings. The first-order valence-electron chi connectivity index (χ1n) is 5.71. The highest BCUT2D eigenvalue weighted by Gasteiger charge is 2.03. The number of imidazole rings is 1. The lowest BCUT2D eigenvalue weighted by atomic mass is 10.2. The zero-order valence-electron chi connectivity index (χ0n) is 9.44. The van der Waals surface area contributed by atoms with Crippen LogP contribution in [0.2, 0.25) is 0 Å². The molecule has 2 aromatic rings. The van der Waals surface area contributed by atoms with Crippen LogP contribution >= 0.6 is 12.2 Å². The quantitative estimate of drug-likeness (QED) is 0.641. The molecule has 0 aromatic carbocycles. The molecule has 0 aliphatic heterocycles. The summed E-state index contributed by atoms with van der Waals surface area (Å²) in [5, 5.41) is 0. The van der Waals surface area contributed by atoms with Crippen molar-refractivity contribution in [2.24, 2.45) is 0 Å². The molecule has 4 nitrogen and oxygen atoms in total. The van der Waals surface area contributed by atoms with Crippen LogP contribution in [0.25, 0.3) is 11.2 Å². The number of H-pyrrole nitrogens is 1. The van der Waals surface area contributed by atoms with Gasteiger partial charge in [0.15, 0.2) is 10.3 Å². The Morgan fingerprint density at radius 3 is 3.00 bits per heavy atom. The highest BCUT2D eigenvalue weighted by molar-refractivity contribution is 7.71. The van der Waals surface area contributed by atoms with Crippen molar-refractivity contribution >= 4 is 23.4 Å². The molecule has 16 heavy (non-hydrogen) atoms. The Kier molecular flexibility index (Phi) is 3.66. The van der Waals surface area contributed by atoms with E-state index in [-0.39, 0.29) is 0 Å². The van der Waals surface area contributed by atoms with E-state index in [0.717, 1.165) is 17.7 Å². The van der Waals surface area contributed by atoms with E-state index in [4.69, 9.17) is 12.2 Å². The van der Waals surface area contributed by atoms with Crippen LogP contribution in [-0.2, 0) is 6.54 Å². The summed E-state index contributed by atoms with van der Waals surface area (Å²) in [5.41, 5.74) is 1.78. The minimum atomic E-state index is 0.595. The summed E-state index contributed by atoms with van der Waals surface area (Å²) < 4.78 is 2.66. The number of rotatable bonds is 5. The van der Waals surface area contributed by atoms with Crippen LogP contribution < -0.4 is 0 Å². The molecule has 0 spiro atoms. The molecule has 0 amide bonds. The molecule has 0 aliphatic carbocycles. The SMILES string of the molecule is CCCCCCn1cnc(=S)c2[nH]cnc21. The Morgan fingerprint density at radius 1 is 1.31 bits per heavy atom. The Morgan fingerprint density at radius 2 is 2.19 bits per heavy atom. The number of hydrogen-bond donors (Lipinski definition) is 1. The molecule has 0 radical (unpaired) electrons. The molecular formula is C11H16N4S. The number of nitrogens with one attached hydrogen (secondary N) is 1. The van der Waals surface area contributed by atoms with Crippen molar-refractivity contribution < 1.29 is 0 Å². The number of unbranched alkanes of at least 4 members (excludes halogenated alkanes) is 3. The molecule has 0 saturated carbocycles. The van der Waals surface area contributed by atoms with E-state index in [2.05, 4.69) is 26.4 Å². The minimum absolute atomic E-state index is 0.595. The highest BCUT2D eigenvalue weighted by atomic mass is 32.1. The third kappa shape index (κ3) is 2.29. The topological polar surface area (TPSA) is 46.5 Å². The van der Waals surface area contributed by atoms with Crippen molar-refractivity contribution in [2.75, 3.05) is 0 Å². The van der Waals surface area contributed by atoms with Gasteiger partial charge in [0.2, 0.25) is 0 Å². The van der Waals surface area contributed by atoms with Crippen molar-refractivity contribution in [3.05, 3.63) is 17.3 Å². The van der Waals surface area contributed by atoms with Crippen LogP contribution in [0, 0.1) is 4.64 Å². The van der Waals surface area contributed by atoms with Crippen LogP contribution in [0.1, 0.15) is 32.6 Å². The van der Waals surface area contributed by atoms with Crippen molar-refractivity contribution in [2.45, 2.75) is 39.2 Å². The van der Waals surface area contributed by atoms with E-state index >= 15 is 0 Å². The molecule has 86 valence electrons. The van der Waals surface area contributed by atoms with Crippen LogP contribution in [0.5, 0.6) is 0 Å². The van der Waals surface area contributed by atoms with Gasteiger partial charge in [-0.1, -0.05) is 38.4 Å². The molecule has 0 unspecified atom stereocenters. The third-order valence-electron chi connectivity index (χ3n) is 2.67. The van der Waals surface area contributed by atoms with Gasteiger partial charge in [-0.2, -0.15) is 0 Å². The standard InChI is InChI=1S/C11H16N4S/c1-2-3-4-5-6-15-8-14-11(16)9-10(15)13-7-12-9/h7-8H,2-6H2,1H3,(H,12,13). The molecule has 0 bridgehead atoms. The second kappa shape index (κ2) is 5.21. The second-order valence-corrected chi connectivity index (χ2v) is 4.29. The fourth-order valence-electron chi connectivity index (χ4n) is 1.78. The summed E-state index contributed by atoms with van der Waals surface area (Å²) in [7, 11) is 0. The number of hydrogen-bond acceptors (Lipinski definition) is 3. The van der Waals surface area contributed by atoms with Crippen molar-refractivity contribution in [3.8, 4) is 0 Å². The van der Waals surface area contributed by atoms with Crippen LogP contribution in [0.3, 0.4) is 0 Å². The molecule has 5 heteroatoms. The summed E-state index contributed by atoms with van der Waals surface area (Å²) >= 11 is 5.13. The fourth-order valence-corrected chi connectivity index (χ4v) is 1.97. The Balaban J connectivity index is 2.15. The van der Waals surface area contributed by atoms with E-state index in [9.17, 15) is 0 Å². The molecule has 2 heterocycles. The normalized spacial score (nSPS) is 11.1. The minimum Gasteiger partial charge on any atom is -0.341 e. The Hall–Kier alpha value is -1.23. The van der Waals surface area contributed by atoms with Gasteiger partial charge in [-0.15, -0.1) is 0 Å². The van der Waals surface area contributed by atoms with Gasteiger partial charge in [-0.25, -0.2) is 9.97 Å². The maximum absolute atomic E-state index is 5.13. The van der Waals surface area contributed by atoms with Gasteiger partial charge in [0.05, 0.1) is 12.7 Å². The van der Waals surface area contributed by atoms with Crippen LogP contribution in [-0.4, -0.2) is 19.5 Å². The summed E-state index contributed by atoms with van der Waals surface area (Å²) in [5.74, 6) is 0.